The number of carbonyl (C=O) groups is 1. The fraction of sp³-hybridized carbons (Fsp3) is 0.588. The highest BCUT2D eigenvalue weighted by Crippen LogP contribution is 2.28. The Labute approximate surface area is 132 Å². The molecule has 0 heterocycles. The van der Waals surface area contributed by atoms with Gasteiger partial charge in [0, 0.05) is 29.1 Å². The van der Waals surface area contributed by atoms with Crippen molar-refractivity contribution >= 4 is 23.4 Å². The van der Waals surface area contributed by atoms with Gasteiger partial charge in [-0.2, -0.15) is 11.8 Å². The van der Waals surface area contributed by atoms with Crippen molar-refractivity contribution < 1.29 is 4.79 Å². The van der Waals surface area contributed by atoms with Crippen LogP contribution in [0.3, 0.4) is 0 Å². The van der Waals surface area contributed by atoms with E-state index in [1.54, 1.807) is 0 Å². The molecule has 0 radical (unpaired) electrons. The minimum absolute atomic E-state index is 0.0619. The first-order valence-corrected chi connectivity index (χ1v) is 9.11. The van der Waals surface area contributed by atoms with Crippen molar-refractivity contribution in [3.63, 3.8) is 0 Å². The van der Waals surface area contributed by atoms with Gasteiger partial charge in [-0.15, -0.1) is 0 Å². The first kappa shape index (κ1) is 16.2. The number of carbonyl (C=O) groups excluding carboxylic acids is 1. The fourth-order valence-electron chi connectivity index (χ4n) is 2.82. The van der Waals surface area contributed by atoms with Crippen LogP contribution in [0.4, 0.5) is 5.69 Å². The highest BCUT2D eigenvalue weighted by Gasteiger charge is 2.25. The van der Waals surface area contributed by atoms with E-state index in [0.717, 1.165) is 42.6 Å². The third-order valence-corrected chi connectivity index (χ3v) is 5.20. The fourth-order valence-corrected chi connectivity index (χ4v) is 3.61. The number of anilines is 1. The molecule has 1 aromatic rings. The predicted octanol–water partition coefficient (Wildman–Crippen LogP) is 3.83. The largest absolute Gasteiger partial charge is 0.385 e. The van der Waals surface area contributed by atoms with Crippen LogP contribution in [0.2, 0.25) is 0 Å². The molecule has 2 rings (SSSR count). The first-order chi connectivity index (χ1) is 10.1. The molecule has 3 nitrogen and oxygen atoms in total. The minimum atomic E-state index is 0.0619. The SMILES string of the molecule is CCCNc1ccc(C(=O)NC2CCC(SC)C2)cc1C. The van der Waals surface area contributed by atoms with E-state index in [1.165, 1.54) is 6.42 Å². The first-order valence-electron chi connectivity index (χ1n) is 7.82. The van der Waals surface area contributed by atoms with Crippen LogP contribution in [-0.2, 0) is 0 Å². The van der Waals surface area contributed by atoms with Gasteiger partial charge in [-0.3, -0.25) is 4.79 Å². The lowest BCUT2D eigenvalue weighted by Crippen LogP contribution is -2.33. The molecule has 0 aliphatic heterocycles. The minimum Gasteiger partial charge on any atom is -0.385 e. The smallest absolute Gasteiger partial charge is 0.251 e. The van der Waals surface area contributed by atoms with Crippen LogP contribution in [0.5, 0.6) is 0 Å². The van der Waals surface area contributed by atoms with Crippen LogP contribution in [0, 0.1) is 6.92 Å². The van der Waals surface area contributed by atoms with Crippen molar-refractivity contribution in [2.75, 3.05) is 18.1 Å². The van der Waals surface area contributed by atoms with Crippen LogP contribution >= 0.6 is 11.8 Å². The van der Waals surface area contributed by atoms with Crippen LogP contribution in [0.25, 0.3) is 0 Å². The second-order valence-corrected chi connectivity index (χ2v) is 6.94. The lowest BCUT2D eigenvalue weighted by atomic mass is 10.1. The summed E-state index contributed by atoms with van der Waals surface area (Å²) in [6.45, 7) is 5.16. The third kappa shape index (κ3) is 4.40. The highest BCUT2D eigenvalue weighted by molar-refractivity contribution is 7.99. The number of nitrogens with one attached hydrogen (secondary N) is 2. The lowest BCUT2D eigenvalue weighted by molar-refractivity contribution is 0.0938. The van der Waals surface area contributed by atoms with E-state index in [4.69, 9.17) is 0 Å². The summed E-state index contributed by atoms with van der Waals surface area (Å²) in [4.78, 5) is 12.3. The lowest BCUT2D eigenvalue weighted by Gasteiger charge is -2.14. The molecule has 116 valence electrons. The van der Waals surface area contributed by atoms with E-state index in [-0.39, 0.29) is 5.91 Å². The number of amides is 1. The molecule has 2 atom stereocenters. The van der Waals surface area contributed by atoms with Crippen molar-refractivity contribution in [3.05, 3.63) is 29.3 Å². The van der Waals surface area contributed by atoms with Gasteiger partial charge >= 0.3 is 0 Å². The van der Waals surface area contributed by atoms with Crippen LogP contribution in [0.1, 0.15) is 48.5 Å². The Kier molecular flexibility index (Phi) is 5.97. The molecule has 1 saturated carbocycles. The van der Waals surface area contributed by atoms with Crippen LogP contribution < -0.4 is 10.6 Å². The van der Waals surface area contributed by atoms with Crippen molar-refractivity contribution in [1.29, 1.82) is 0 Å². The summed E-state index contributed by atoms with van der Waals surface area (Å²) in [5.74, 6) is 0.0619. The number of thioether (sulfide) groups is 1. The van der Waals surface area contributed by atoms with Crippen LogP contribution in [0.15, 0.2) is 18.2 Å². The van der Waals surface area contributed by atoms with Gasteiger partial charge in [0.15, 0.2) is 0 Å². The zero-order valence-electron chi connectivity index (χ0n) is 13.2. The van der Waals surface area contributed by atoms with Gasteiger partial charge in [-0.25, -0.2) is 0 Å². The van der Waals surface area contributed by atoms with Crippen molar-refractivity contribution in [1.82, 2.24) is 5.32 Å². The number of hydrogen-bond acceptors (Lipinski definition) is 3. The topological polar surface area (TPSA) is 41.1 Å². The predicted molar refractivity (Wildman–Crippen MR) is 92.4 cm³/mol. The molecular weight excluding hydrogens is 280 g/mol. The summed E-state index contributed by atoms with van der Waals surface area (Å²) in [6.07, 6.45) is 6.67. The maximum Gasteiger partial charge on any atom is 0.251 e. The van der Waals surface area contributed by atoms with Gasteiger partial charge in [0.1, 0.15) is 0 Å². The molecular formula is C17H26N2OS. The van der Waals surface area contributed by atoms with E-state index < -0.39 is 0 Å². The maximum atomic E-state index is 12.3. The Morgan fingerprint density at radius 1 is 1.38 bits per heavy atom. The van der Waals surface area contributed by atoms with Gasteiger partial charge in [-0.1, -0.05) is 6.92 Å². The Hall–Kier alpha value is -1.16. The molecule has 0 bridgehead atoms. The molecule has 2 N–H and O–H groups in total. The molecule has 0 aromatic heterocycles. The maximum absolute atomic E-state index is 12.3. The van der Waals surface area contributed by atoms with Crippen molar-refractivity contribution in [2.24, 2.45) is 0 Å². The Bertz CT molecular complexity index is 490. The zero-order valence-corrected chi connectivity index (χ0v) is 14.1. The van der Waals surface area contributed by atoms with E-state index in [2.05, 4.69) is 23.8 Å². The number of hydrogen-bond donors (Lipinski definition) is 2. The summed E-state index contributed by atoms with van der Waals surface area (Å²) in [6, 6.07) is 6.25. The normalized spacial score (nSPS) is 21.3. The molecule has 1 aromatic carbocycles. The molecule has 0 saturated heterocycles. The standard InChI is InChI=1S/C17H26N2OS/c1-4-9-18-16-8-5-13(10-12(16)2)17(20)19-14-6-7-15(11-14)21-3/h5,8,10,14-15,18H,4,6-7,9,11H2,1-3H3,(H,19,20). The zero-order chi connectivity index (χ0) is 15.2. The Morgan fingerprint density at radius 2 is 2.19 bits per heavy atom. The highest BCUT2D eigenvalue weighted by atomic mass is 32.2. The monoisotopic (exact) mass is 306 g/mol. The molecule has 1 aliphatic carbocycles. The van der Waals surface area contributed by atoms with Gasteiger partial charge < -0.3 is 10.6 Å². The Morgan fingerprint density at radius 3 is 2.81 bits per heavy atom. The van der Waals surface area contributed by atoms with Crippen LogP contribution in [-0.4, -0.2) is 30.0 Å². The van der Waals surface area contributed by atoms with E-state index >= 15 is 0 Å². The Balaban J connectivity index is 1.95. The summed E-state index contributed by atoms with van der Waals surface area (Å²) >= 11 is 1.91. The number of rotatable bonds is 6. The average molecular weight is 306 g/mol. The molecule has 2 unspecified atom stereocenters. The van der Waals surface area contributed by atoms with Gasteiger partial charge in [-0.05, 0) is 62.6 Å². The molecule has 1 fully saturated rings. The van der Waals surface area contributed by atoms with E-state index in [9.17, 15) is 4.79 Å². The molecule has 4 heteroatoms. The van der Waals surface area contributed by atoms with Crippen molar-refractivity contribution in [3.8, 4) is 0 Å². The molecule has 0 spiro atoms. The van der Waals surface area contributed by atoms with E-state index in [1.807, 2.05) is 36.9 Å². The number of benzene rings is 1. The van der Waals surface area contributed by atoms with Gasteiger partial charge in [0.25, 0.3) is 5.91 Å². The van der Waals surface area contributed by atoms with E-state index in [0.29, 0.717) is 11.3 Å². The summed E-state index contributed by atoms with van der Waals surface area (Å²) in [7, 11) is 0. The quantitative estimate of drug-likeness (QED) is 0.839. The van der Waals surface area contributed by atoms with Gasteiger partial charge in [0.2, 0.25) is 0 Å². The molecule has 1 aliphatic rings. The number of aryl methyl sites for hydroxylation is 1. The summed E-state index contributed by atoms with van der Waals surface area (Å²) in [5, 5.41) is 7.26. The third-order valence-electron chi connectivity index (χ3n) is 4.11. The van der Waals surface area contributed by atoms with Crippen molar-refractivity contribution in [2.45, 2.75) is 50.8 Å². The average Bonchev–Trinajstić information content (AvgIpc) is 2.93. The molecule has 21 heavy (non-hydrogen) atoms. The summed E-state index contributed by atoms with van der Waals surface area (Å²) < 4.78 is 0. The summed E-state index contributed by atoms with van der Waals surface area (Å²) in [5.41, 5.74) is 3.02. The second kappa shape index (κ2) is 7.74. The molecule has 1 amide bonds. The second-order valence-electron chi connectivity index (χ2n) is 5.80. The van der Waals surface area contributed by atoms with Gasteiger partial charge in [0.05, 0.1) is 0 Å².